The van der Waals surface area contributed by atoms with Crippen LogP contribution in [0.25, 0.3) is 0 Å². The maximum Gasteiger partial charge on any atom is 0.0221 e. The molecule has 2 heterocycles. The highest BCUT2D eigenvalue weighted by atomic mass is 15.2. The van der Waals surface area contributed by atoms with Crippen molar-refractivity contribution in [2.45, 2.75) is 24.9 Å². The molecule has 2 aliphatic heterocycles. The number of rotatable bonds is 0. The molecule has 2 atom stereocenters. The van der Waals surface area contributed by atoms with Crippen molar-refractivity contribution in [2.75, 3.05) is 20.1 Å². The van der Waals surface area contributed by atoms with Gasteiger partial charge >= 0.3 is 0 Å². The van der Waals surface area contributed by atoms with E-state index in [1.54, 1.807) is 0 Å². The van der Waals surface area contributed by atoms with Gasteiger partial charge in [0.1, 0.15) is 0 Å². The zero-order chi connectivity index (χ0) is 6.27. The van der Waals surface area contributed by atoms with Crippen LogP contribution in [0.4, 0.5) is 0 Å². The van der Waals surface area contributed by atoms with Crippen LogP contribution in [0.2, 0.25) is 0 Å². The highest BCUT2D eigenvalue weighted by molar-refractivity contribution is 4.92. The Morgan fingerprint density at radius 3 is 2.22 bits per heavy atom. The number of nitrogens with zero attached hydrogens (tertiary/aromatic N) is 1. The molecule has 0 amide bonds. The number of hydrogen-bond acceptors (Lipinski definition) is 2. The molecule has 1 N–H and O–H groups in total. The molecule has 0 aliphatic carbocycles. The lowest BCUT2D eigenvalue weighted by Gasteiger charge is -2.31. The Hall–Kier alpha value is -0.0800. The van der Waals surface area contributed by atoms with Gasteiger partial charge in [-0.2, -0.15) is 0 Å². The van der Waals surface area contributed by atoms with Crippen LogP contribution in [-0.2, 0) is 0 Å². The molecule has 0 radical (unpaired) electrons. The zero-order valence-electron chi connectivity index (χ0n) is 5.93. The maximum atomic E-state index is 3.44. The lowest BCUT2D eigenvalue weighted by Crippen LogP contribution is -2.49. The van der Waals surface area contributed by atoms with Gasteiger partial charge in [-0.3, -0.25) is 4.90 Å². The van der Waals surface area contributed by atoms with Crippen LogP contribution < -0.4 is 5.32 Å². The number of hydrogen-bond donors (Lipinski definition) is 1. The van der Waals surface area contributed by atoms with Gasteiger partial charge in [-0.1, -0.05) is 0 Å². The molecule has 0 spiro atoms. The summed E-state index contributed by atoms with van der Waals surface area (Å²) in [6.45, 7) is 2.43. The summed E-state index contributed by atoms with van der Waals surface area (Å²) in [5.41, 5.74) is 0. The number of fused-ring (bicyclic) bond motifs is 2. The van der Waals surface area contributed by atoms with Crippen LogP contribution in [0.5, 0.6) is 0 Å². The third-order valence-corrected chi connectivity index (χ3v) is 2.74. The van der Waals surface area contributed by atoms with Crippen molar-refractivity contribution < 1.29 is 0 Å². The molecule has 0 saturated carbocycles. The summed E-state index contributed by atoms with van der Waals surface area (Å²) < 4.78 is 0. The minimum Gasteiger partial charge on any atom is -0.314 e. The quantitative estimate of drug-likeness (QED) is 0.493. The van der Waals surface area contributed by atoms with Crippen molar-refractivity contribution in [2.24, 2.45) is 0 Å². The second kappa shape index (κ2) is 1.96. The smallest absolute Gasteiger partial charge is 0.0221 e. The molecular formula is C7H14N2. The third-order valence-electron chi connectivity index (χ3n) is 2.74. The molecule has 2 heteroatoms. The lowest BCUT2D eigenvalue weighted by molar-refractivity contribution is 0.193. The van der Waals surface area contributed by atoms with Crippen LogP contribution in [0.15, 0.2) is 0 Å². The Labute approximate surface area is 56.2 Å². The highest BCUT2D eigenvalue weighted by Gasteiger charge is 2.32. The minimum atomic E-state index is 0.851. The van der Waals surface area contributed by atoms with Gasteiger partial charge in [0.15, 0.2) is 0 Å². The standard InChI is InChI=1S/C7H14N2/c1-9-6-2-3-7(9)5-8-4-6/h6-8H,2-5H2,1H3/t6-,7-/m0/s1. The molecule has 0 aromatic carbocycles. The van der Waals surface area contributed by atoms with E-state index in [1.807, 2.05) is 0 Å². The fourth-order valence-electron chi connectivity index (χ4n) is 2.00. The topological polar surface area (TPSA) is 15.3 Å². The van der Waals surface area contributed by atoms with E-state index >= 15 is 0 Å². The minimum absolute atomic E-state index is 0.851. The predicted octanol–water partition coefficient (Wildman–Crippen LogP) is 0.0524. The molecule has 9 heavy (non-hydrogen) atoms. The average molecular weight is 126 g/mol. The Morgan fingerprint density at radius 1 is 1.22 bits per heavy atom. The van der Waals surface area contributed by atoms with E-state index in [0.29, 0.717) is 0 Å². The second-order valence-corrected chi connectivity index (χ2v) is 3.21. The maximum absolute atomic E-state index is 3.44. The van der Waals surface area contributed by atoms with Crippen molar-refractivity contribution in [3.05, 3.63) is 0 Å². The second-order valence-electron chi connectivity index (χ2n) is 3.21. The summed E-state index contributed by atoms with van der Waals surface area (Å²) in [5, 5.41) is 3.44. The fourth-order valence-corrected chi connectivity index (χ4v) is 2.00. The fraction of sp³-hybridized carbons (Fsp3) is 1.00. The number of likely N-dealkylation sites (N-methyl/N-ethyl adjacent to an activating group) is 1. The monoisotopic (exact) mass is 126 g/mol. The van der Waals surface area contributed by atoms with E-state index in [4.69, 9.17) is 0 Å². The average Bonchev–Trinajstić information content (AvgIpc) is 2.19. The van der Waals surface area contributed by atoms with Gasteiger partial charge in [0.25, 0.3) is 0 Å². The molecule has 0 unspecified atom stereocenters. The largest absolute Gasteiger partial charge is 0.314 e. The molecule has 2 bridgehead atoms. The predicted molar refractivity (Wildman–Crippen MR) is 37.4 cm³/mol. The SMILES string of the molecule is CN1[C@H]2CC[C@H]1CNC2. The van der Waals surface area contributed by atoms with Crippen molar-refractivity contribution in [1.82, 2.24) is 10.2 Å². The summed E-state index contributed by atoms with van der Waals surface area (Å²) in [5.74, 6) is 0. The summed E-state index contributed by atoms with van der Waals surface area (Å²) in [4.78, 5) is 2.52. The van der Waals surface area contributed by atoms with Gasteiger partial charge < -0.3 is 5.32 Å². The molecule has 2 aliphatic rings. The Balaban J connectivity index is 2.10. The lowest BCUT2D eigenvalue weighted by atomic mass is 10.2. The van der Waals surface area contributed by atoms with Gasteiger partial charge in [0, 0.05) is 25.2 Å². The Kier molecular flexibility index (Phi) is 1.24. The first kappa shape index (κ1) is 5.69. The van der Waals surface area contributed by atoms with E-state index in [1.165, 1.54) is 25.9 Å². The first-order valence-electron chi connectivity index (χ1n) is 3.80. The van der Waals surface area contributed by atoms with Crippen molar-refractivity contribution in [3.8, 4) is 0 Å². The zero-order valence-corrected chi connectivity index (χ0v) is 5.93. The van der Waals surface area contributed by atoms with Crippen molar-refractivity contribution >= 4 is 0 Å². The van der Waals surface area contributed by atoms with Crippen LogP contribution in [-0.4, -0.2) is 37.1 Å². The van der Waals surface area contributed by atoms with Crippen molar-refractivity contribution in [3.63, 3.8) is 0 Å². The molecule has 0 aromatic heterocycles. The first-order valence-corrected chi connectivity index (χ1v) is 3.80. The van der Waals surface area contributed by atoms with E-state index in [-0.39, 0.29) is 0 Å². The van der Waals surface area contributed by atoms with Crippen LogP contribution in [0, 0.1) is 0 Å². The normalized spacial score (nSPS) is 43.7. The molecule has 52 valence electrons. The van der Waals surface area contributed by atoms with Gasteiger partial charge in [0.2, 0.25) is 0 Å². The van der Waals surface area contributed by atoms with E-state index in [9.17, 15) is 0 Å². The summed E-state index contributed by atoms with van der Waals surface area (Å²) in [6.07, 6.45) is 2.82. The van der Waals surface area contributed by atoms with Crippen molar-refractivity contribution in [1.29, 1.82) is 0 Å². The van der Waals surface area contributed by atoms with E-state index in [2.05, 4.69) is 17.3 Å². The van der Waals surface area contributed by atoms with Gasteiger partial charge in [0.05, 0.1) is 0 Å². The number of piperazine rings is 1. The summed E-state index contributed by atoms with van der Waals surface area (Å²) in [6, 6.07) is 1.70. The first-order chi connectivity index (χ1) is 4.38. The summed E-state index contributed by atoms with van der Waals surface area (Å²) >= 11 is 0. The van der Waals surface area contributed by atoms with Gasteiger partial charge in [-0.15, -0.1) is 0 Å². The molecule has 0 aromatic rings. The Bertz CT molecular complexity index is 97.5. The van der Waals surface area contributed by atoms with Crippen LogP contribution in [0.3, 0.4) is 0 Å². The molecule has 2 nitrogen and oxygen atoms in total. The van der Waals surface area contributed by atoms with Crippen LogP contribution in [0.1, 0.15) is 12.8 Å². The van der Waals surface area contributed by atoms with E-state index in [0.717, 1.165) is 12.1 Å². The molecule has 2 saturated heterocycles. The summed E-state index contributed by atoms with van der Waals surface area (Å²) in [7, 11) is 2.25. The molecular weight excluding hydrogens is 112 g/mol. The molecule has 2 rings (SSSR count). The number of nitrogens with one attached hydrogen (secondary N) is 1. The highest BCUT2D eigenvalue weighted by Crippen LogP contribution is 2.23. The Morgan fingerprint density at radius 2 is 1.78 bits per heavy atom. The van der Waals surface area contributed by atoms with E-state index < -0.39 is 0 Å². The van der Waals surface area contributed by atoms with Gasteiger partial charge in [-0.05, 0) is 19.9 Å². The molecule has 2 fully saturated rings. The van der Waals surface area contributed by atoms with Crippen LogP contribution >= 0.6 is 0 Å². The van der Waals surface area contributed by atoms with Gasteiger partial charge in [-0.25, -0.2) is 0 Å². The third kappa shape index (κ3) is 0.775.